The molecule has 1 aromatic heterocycles. The van der Waals surface area contributed by atoms with Crippen LogP contribution in [0.25, 0.3) is 0 Å². The smallest absolute Gasteiger partial charge is 0.0676 e. The topological polar surface area (TPSA) is 63.8 Å². The summed E-state index contributed by atoms with van der Waals surface area (Å²) in [6.07, 6.45) is 4.76. The van der Waals surface area contributed by atoms with E-state index in [9.17, 15) is 0 Å². The number of aryl methyl sites for hydroxylation is 2. The molecule has 1 aliphatic rings. The highest BCUT2D eigenvalue weighted by Crippen LogP contribution is 2.38. The van der Waals surface area contributed by atoms with Gasteiger partial charge in [-0.05, 0) is 43.7 Å². The van der Waals surface area contributed by atoms with Crippen molar-refractivity contribution < 1.29 is 0 Å². The Labute approximate surface area is 96.6 Å². The third-order valence-electron chi connectivity index (χ3n) is 3.50. The summed E-state index contributed by atoms with van der Waals surface area (Å²) in [5.41, 5.74) is 6.23. The Hall–Kier alpha value is -1.00. The zero-order chi connectivity index (χ0) is 11.5. The van der Waals surface area contributed by atoms with Crippen LogP contribution in [0.1, 0.15) is 49.2 Å². The number of nitrogens with two attached hydrogens (primary N) is 1. The van der Waals surface area contributed by atoms with Crippen LogP contribution in [0.3, 0.4) is 0 Å². The second-order valence-corrected chi connectivity index (χ2v) is 4.58. The van der Waals surface area contributed by atoms with E-state index in [-0.39, 0.29) is 6.04 Å². The number of nitrogens with zero attached hydrogens (tertiary/aromatic N) is 2. The molecule has 0 aliphatic heterocycles. The maximum absolute atomic E-state index is 5.69. The van der Waals surface area contributed by atoms with Gasteiger partial charge in [-0.25, -0.2) is 0 Å². The van der Waals surface area contributed by atoms with E-state index in [1.165, 1.54) is 24.8 Å². The molecule has 1 unspecified atom stereocenters. The van der Waals surface area contributed by atoms with Gasteiger partial charge in [0.2, 0.25) is 0 Å². The highest BCUT2D eigenvalue weighted by Gasteiger charge is 2.29. The van der Waals surface area contributed by atoms with Crippen LogP contribution in [-0.2, 0) is 6.42 Å². The lowest BCUT2D eigenvalue weighted by Crippen LogP contribution is -2.37. The number of hydrazine groups is 1. The minimum atomic E-state index is 0.248. The van der Waals surface area contributed by atoms with Crippen LogP contribution < -0.4 is 11.3 Å². The van der Waals surface area contributed by atoms with Crippen LogP contribution >= 0.6 is 0 Å². The molecule has 3 N–H and O–H groups in total. The van der Waals surface area contributed by atoms with E-state index in [0.717, 1.165) is 17.8 Å². The van der Waals surface area contributed by atoms with Crippen molar-refractivity contribution in [2.24, 2.45) is 11.8 Å². The van der Waals surface area contributed by atoms with Crippen molar-refractivity contribution >= 4 is 0 Å². The van der Waals surface area contributed by atoms with Gasteiger partial charge in [-0.15, -0.1) is 0 Å². The molecule has 16 heavy (non-hydrogen) atoms. The van der Waals surface area contributed by atoms with Crippen molar-refractivity contribution in [3.8, 4) is 0 Å². The minimum absolute atomic E-state index is 0.248. The first-order valence-corrected chi connectivity index (χ1v) is 6.05. The molecule has 1 fully saturated rings. The molecule has 0 amide bonds. The first kappa shape index (κ1) is 11.5. The molecule has 1 aromatic rings. The summed E-state index contributed by atoms with van der Waals surface area (Å²) in [5.74, 6) is 6.36. The molecule has 0 radical (unpaired) electrons. The third-order valence-corrected chi connectivity index (χ3v) is 3.50. The molecular formula is C12H20N4. The molecule has 0 spiro atoms. The maximum atomic E-state index is 5.69. The maximum Gasteiger partial charge on any atom is 0.0676 e. The standard InChI is InChI=1S/C12H20N4/c1-3-11-10(7-8(2)15-16-11)12(14-13)9-5-4-6-9/h7,9,12,14H,3-6,13H2,1-2H3. The second-order valence-electron chi connectivity index (χ2n) is 4.58. The highest BCUT2D eigenvalue weighted by molar-refractivity contribution is 5.25. The van der Waals surface area contributed by atoms with E-state index in [4.69, 9.17) is 5.84 Å². The summed E-state index contributed by atoms with van der Waals surface area (Å²) in [7, 11) is 0. The molecule has 1 saturated carbocycles. The van der Waals surface area contributed by atoms with Crippen molar-refractivity contribution in [3.05, 3.63) is 23.0 Å². The molecule has 88 valence electrons. The lowest BCUT2D eigenvalue weighted by molar-refractivity contribution is 0.230. The van der Waals surface area contributed by atoms with Crippen molar-refractivity contribution in [2.45, 2.75) is 45.6 Å². The average molecular weight is 220 g/mol. The van der Waals surface area contributed by atoms with Gasteiger partial charge in [-0.1, -0.05) is 13.3 Å². The Morgan fingerprint density at radius 3 is 2.75 bits per heavy atom. The van der Waals surface area contributed by atoms with Gasteiger partial charge in [-0.2, -0.15) is 10.2 Å². The Bertz CT molecular complexity index is 360. The molecule has 1 aliphatic carbocycles. The predicted octanol–water partition coefficient (Wildman–Crippen LogP) is 1.65. The van der Waals surface area contributed by atoms with Crippen LogP contribution in [0.5, 0.6) is 0 Å². The molecule has 4 nitrogen and oxygen atoms in total. The van der Waals surface area contributed by atoms with Gasteiger partial charge in [0.05, 0.1) is 17.4 Å². The van der Waals surface area contributed by atoms with Gasteiger partial charge in [0.25, 0.3) is 0 Å². The monoisotopic (exact) mass is 220 g/mol. The fourth-order valence-corrected chi connectivity index (χ4v) is 2.33. The molecule has 1 atom stereocenters. The van der Waals surface area contributed by atoms with Crippen molar-refractivity contribution in [1.82, 2.24) is 15.6 Å². The van der Waals surface area contributed by atoms with Crippen molar-refractivity contribution in [3.63, 3.8) is 0 Å². The van der Waals surface area contributed by atoms with Crippen LogP contribution in [0.2, 0.25) is 0 Å². The molecular weight excluding hydrogens is 200 g/mol. The van der Waals surface area contributed by atoms with Gasteiger partial charge in [0.1, 0.15) is 0 Å². The zero-order valence-electron chi connectivity index (χ0n) is 10.0. The normalized spacial score (nSPS) is 18.2. The number of nitrogens with one attached hydrogen (secondary N) is 1. The number of hydrogen-bond donors (Lipinski definition) is 2. The van der Waals surface area contributed by atoms with E-state index in [0.29, 0.717) is 5.92 Å². The molecule has 0 saturated heterocycles. The van der Waals surface area contributed by atoms with Gasteiger partial charge in [-0.3, -0.25) is 11.3 Å². The Kier molecular flexibility index (Phi) is 3.51. The number of rotatable bonds is 4. The summed E-state index contributed by atoms with van der Waals surface area (Å²) in [6, 6.07) is 2.37. The fourth-order valence-electron chi connectivity index (χ4n) is 2.33. The number of hydrogen-bond acceptors (Lipinski definition) is 4. The predicted molar refractivity (Wildman–Crippen MR) is 63.6 cm³/mol. The molecule has 0 bridgehead atoms. The summed E-state index contributed by atoms with van der Waals surface area (Å²) in [4.78, 5) is 0. The zero-order valence-corrected chi connectivity index (χ0v) is 10.0. The summed E-state index contributed by atoms with van der Waals surface area (Å²) < 4.78 is 0. The lowest BCUT2D eigenvalue weighted by Gasteiger charge is -2.34. The van der Waals surface area contributed by atoms with E-state index in [2.05, 4.69) is 28.6 Å². The average Bonchev–Trinajstić information content (AvgIpc) is 2.23. The van der Waals surface area contributed by atoms with Gasteiger partial charge >= 0.3 is 0 Å². The number of aromatic nitrogens is 2. The molecule has 1 heterocycles. The highest BCUT2D eigenvalue weighted by atomic mass is 15.2. The van der Waals surface area contributed by atoms with Crippen LogP contribution in [0.4, 0.5) is 0 Å². The summed E-state index contributed by atoms with van der Waals surface area (Å²) in [5, 5.41) is 8.37. The Balaban J connectivity index is 2.31. The molecule has 0 aromatic carbocycles. The Morgan fingerprint density at radius 1 is 1.50 bits per heavy atom. The van der Waals surface area contributed by atoms with E-state index in [1.54, 1.807) is 0 Å². The second kappa shape index (κ2) is 4.89. The van der Waals surface area contributed by atoms with Gasteiger partial charge in [0, 0.05) is 0 Å². The van der Waals surface area contributed by atoms with Gasteiger partial charge in [0.15, 0.2) is 0 Å². The van der Waals surface area contributed by atoms with Crippen molar-refractivity contribution in [1.29, 1.82) is 0 Å². The van der Waals surface area contributed by atoms with E-state index >= 15 is 0 Å². The van der Waals surface area contributed by atoms with Crippen LogP contribution in [0, 0.1) is 12.8 Å². The largest absolute Gasteiger partial charge is 0.271 e. The van der Waals surface area contributed by atoms with E-state index < -0.39 is 0 Å². The first-order valence-electron chi connectivity index (χ1n) is 6.05. The molecule has 2 rings (SSSR count). The Morgan fingerprint density at radius 2 is 2.25 bits per heavy atom. The molecule has 4 heteroatoms. The minimum Gasteiger partial charge on any atom is -0.271 e. The quantitative estimate of drug-likeness (QED) is 0.598. The lowest BCUT2D eigenvalue weighted by atomic mass is 9.77. The third kappa shape index (κ3) is 2.08. The van der Waals surface area contributed by atoms with Gasteiger partial charge < -0.3 is 0 Å². The van der Waals surface area contributed by atoms with Crippen molar-refractivity contribution in [2.75, 3.05) is 0 Å². The SMILES string of the molecule is CCc1nnc(C)cc1C(NN)C1CCC1. The summed E-state index contributed by atoms with van der Waals surface area (Å²) >= 11 is 0. The first-order chi connectivity index (χ1) is 7.76. The van der Waals surface area contributed by atoms with E-state index in [1.807, 2.05) is 6.92 Å². The van der Waals surface area contributed by atoms with Crippen LogP contribution in [-0.4, -0.2) is 10.2 Å². The fraction of sp³-hybridized carbons (Fsp3) is 0.667. The van der Waals surface area contributed by atoms with Crippen LogP contribution in [0.15, 0.2) is 6.07 Å². The summed E-state index contributed by atoms with van der Waals surface area (Å²) in [6.45, 7) is 4.08.